The molecule has 0 saturated heterocycles. The van der Waals surface area contributed by atoms with Crippen LogP contribution in [0.25, 0.3) is 0 Å². The van der Waals surface area contributed by atoms with Gasteiger partial charge >= 0.3 is 0 Å². The van der Waals surface area contributed by atoms with E-state index in [1.807, 2.05) is 30.3 Å². The summed E-state index contributed by atoms with van der Waals surface area (Å²) in [6, 6.07) is 13.8. The van der Waals surface area contributed by atoms with Crippen molar-refractivity contribution >= 4 is 17.2 Å². The first-order chi connectivity index (χ1) is 8.66. The third-order valence-corrected chi connectivity index (χ3v) is 2.66. The van der Waals surface area contributed by atoms with E-state index in [4.69, 9.17) is 22.7 Å². The van der Waals surface area contributed by atoms with Gasteiger partial charge in [-0.2, -0.15) is 0 Å². The minimum absolute atomic E-state index is 0.123. The van der Waals surface area contributed by atoms with Crippen LogP contribution in [0.1, 0.15) is 11.1 Å². The minimum atomic E-state index is -0.384. The van der Waals surface area contributed by atoms with Gasteiger partial charge in [-0.1, -0.05) is 42.5 Å². The van der Waals surface area contributed by atoms with Crippen molar-refractivity contribution < 1.29 is 9.13 Å². The maximum atomic E-state index is 13.1. The molecule has 0 unspecified atom stereocenters. The molecule has 0 bridgehead atoms. The van der Waals surface area contributed by atoms with Crippen LogP contribution in [0.3, 0.4) is 0 Å². The summed E-state index contributed by atoms with van der Waals surface area (Å²) >= 11 is 4.87. The average Bonchev–Trinajstić information content (AvgIpc) is 2.38. The fraction of sp³-hybridized carbons (Fsp3) is 0.0714. The Labute approximate surface area is 110 Å². The molecule has 0 amide bonds. The van der Waals surface area contributed by atoms with E-state index >= 15 is 0 Å². The molecule has 0 saturated carbocycles. The Bertz CT molecular complexity index is 557. The summed E-state index contributed by atoms with van der Waals surface area (Å²) in [5.41, 5.74) is 6.98. The van der Waals surface area contributed by atoms with Crippen molar-refractivity contribution in [2.24, 2.45) is 5.73 Å². The highest BCUT2D eigenvalue weighted by atomic mass is 32.1. The molecule has 0 fully saturated rings. The number of ether oxygens (including phenoxy) is 1. The Hall–Kier alpha value is -1.94. The van der Waals surface area contributed by atoms with E-state index in [0.717, 1.165) is 5.56 Å². The number of rotatable bonds is 4. The lowest BCUT2D eigenvalue weighted by atomic mass is 10.2. The molecule has 18 heavy (non-hydrogen) atoms. The highest BCUT2D eigenvalue weighted by Gasteiger charge is 2.08. The van der Waals surface area contributed by atoms with Crippen molar-refractivity contribution in [3.63, 3.8) is 0 Å². The highest BCUT2D eigenvalue weighted by Crippen LogP contribution is 2.20. The van der Waals surface area contributed by atoms with Gasteiger partial charge < -0.3 is 10.5 Å². The molecule has 2 nitrogen and oxygen atoms in total. The number of halogens is 1. The van der Waals surface area contributed by atoms with Crippen LogP contribution in [-0.2, 0) is 6.61 Å². The zero-order valence-corrected chi connectivity index (χ0v) is 10.4. The number of benzene rings is 2. The van der Waals surface area contributed by atoms with Gasteiger partial charge in [-0.15, -0.1) is 0 Å². The van der Waals surface area contributed by atoms with E-state index < -0.39 is 0 Å². The highest BCUT2D eigenvalue weighted by molar-refractivity contribution is 7.80. The third-order valence-electron chi connectivity index (χ3n) is 2.44. The molecule has 4 heteroatoms. The molecule has 2 rings (SSSR count). The number of hydrogen-bond acceptors (Lipinski definition) is 2. The van der Waals surface area contributed by atoms with Gasteiger partial charge in [-0.3, -0.25) is 0 Å². The average molecular weight is 261 g/mol. The Morgan fingerprint density at radius 1 is 1.17 bits per heavy atom. The molecule has 2 N–H and O–H groups in total. The van der Waals surface area contributed by atoms with Crippen LogP contribution in [0, 0.1) is 5.82 Å². The van der Waals surface area contributed by atoms with E-state index in [1.165, 1.54) is 18.2 Å². The van der Waals surface area contributed by atoms with Crippen molar-refractivity contribution in [2.75, 3.05) is 0 Å². The third kappa shape index (κ3) is 3.05. The van der Waals surface area contributed by atoms with E-state index in [0.29, 0.717) is 17.9 Å². The van der Waals surface area contributed by atoms with Gasteiger partial charge in [0.15, 0.2) is 0 Å². The van der Waals surface area contributed by atoms with Crippen molar-refractivity contribution in [3.8, 4) is 5.75 Å². The SMILES string of the molecule is NC(=S)c1cc(F)ccc1OCc1ccccc1. The molecule has 0 atom stereocenters. The first-order valence-corrected chi connectivity index (χ1v) is 5.84. The summed E-state index contributed by atoms with van der Waals surface area (Å²) in [6.45, 7) is 0.391. The lowest BCUT2D eigenvalue weighted by Crippen LogP contribution is -2.12. The molecule has 0 spiro atoms. The van der Waals surface area contributed by atoms with Crippen molar-refractivity contribution in [2.45, 2.75) is 6.61 Å². The van der Waals surface area contributed by atoms with Crippen molar-refractivity contribution in [1.29, 1.82) is 0 Å². The van der Waals surface area contributed by atoms with E-state index in [9.17, 15) is 4.39 Å². The maximum Gasteiger partial charge on any atom is 0.130 e. The van der Waals surface area contributed by atoms with Crippen molar-refractivity contribution in [3.05, 3.63) is 65.5 Å². The fourth-order valence-electron chi connectivity index (χ4n) is 1.56. The van der Waals surface area contributed by atoms with Crippen LogP contribution in [-0.4, -0.2) is 4.99 Å². The van der Waals surface area contributed by atoms with Gasteiger partial charge in [0.05, 0.1) is 5.56 Å². The number of nitrogens with two attached hydrogens (primary N) is 1. The van der Waals surface area contributed by atoms with E-state index in [-0.39, 0.29) is 10.8 Å². The van der Waals surface area contributed by atoms with E-state index in [1.54, 1.807) is 0 Å². The van der Waals surface area contributed by atoms with Crippen LogP contribution in [0.5, 0.6) is 5.75 Å². The molecule has 0 aliphatic heterocycles. The maximum absolute atomic E-state index is 13.1. The fourth-order valence-corrected chi connectivity index (χ4v) is 1.72. The lowest BCUT2D eigenvalue weighted by molar-refractivity contribution is 0.305. The summed E-state index contributed by atoms with van der Waals surface area (Å²) in [6.07, 6.45) is 0. The van der Waals surface area contributed by atoms with Crippen LogP contribution >= 0.6 is 12.2 Å². The van der Waals surface area contributed by atoms with Gasteiger partial charge in [0.25, 0.3) is 0 Å². The summed E-state index contributed by atoms with van der Waals surface area (Å²) in [4.78, 5) is 0.123. The Morgan fingerprint density at radius 2 is 1.89 bits per heavy atom. The molecule has 0 aromatic heterocycles. The van der Waals surface area contributed by atoms with Crippen LogP contribution < -0.4 is 10.5 Å². The van der Waals surface area contributed by atoms with Crippen LogP contribution in [0.2, 0.25) is 0 Å². The number of thiocarbonyl (C=S) groups is 1. The quantitative estimate of drug-likeness (QED) is 0.859. The van der Waals surface area contributed by atoms with Crippen molar-refractivity contribution in [1.82, 2.24) is 0 Å². The summed E-state index contributed by atoms with van der Waals surface area (Å²) < 4.78 is 18.7. The molecular weight excluding hydrogens is 249 g/mol. The normalized spacial score (nSPS) is 10.1. The smallest absolute Gasteiger partial charge is 0.130 e. The van der Waals surface area contributed by atoms with E-state index in [2.05, 4.69) is 0 Å². The molecule has 92 valence electrons. The Balaban J connectivity index is 2.17. The zero-order chi connectivity index (χ0) is 13.0. The van der Waals surface area contributed by atoms with Gasteiger partial charge in [0.2, 0.25) is 0 Å². The van der Waals surface area contributed by atoms with Gasteiger partial charge in [-0.25, -0.2) is 4.39 Å². The molecule has 0 heterocycles. The molecular formula is C14H12FNOS. The number of hydrogen-bond donors (Lipinski definition) is 1. The predicted octanol–water partition coefficient (Wildman–Crippen LogP) is 3.04. The van der Waals surface area contributed by atoms with Gasteiger partial charge in [0.1, 0.15) is 23.2 Å². The molecule has 0 aliphatic rings. The standard InChI is InChI=1S/C14H12FNOS/c15-11-6-7-13(12(8-11)14(16)18)17-9-10-4-2-1-3-5-10/h1-8H,9H2,(H2,16,18). The predicted molar refractivity (Wildman–Crippen MR) is 73.1 cm³/mol. The molecule has 2 aromatic carbocycles. The topological polar surface area (TPSA) is 35.2 Å². The second kappa shape index (κ2) is 5.60. The summed E-state index contributed by atoms with van der Waals surface area (Å²) in [7, 11) is 0. The molecule has 0 aliphatic carbocycles. The van der Waals surface area contributed by atoms with Gasteiger partial charge in [-0.05, 0) is 23.8 Å². The summed E-state index contributed by atoms with van der Waals surface area (Å²) in [5, 5.41) is 0. The molecule has 2 aromatic rings. The summed E-state index contributed by atoms with van der Waals surface area (Å²) in [5.74, 6) is 0.109. The zero-order valence-electron chi connectivity index (χ0n) is 9.60. The van der Waals surface area contributed by atoms with Crippen LogP contribution in [0.4, 0.5) is 4.39 Å². The largest absolute Gasteiger partial charge is 0.488 e. The second-order valence-corrected chi connectivity index (χ2v) is 4.22. The first kappa shape index (κ1) is 12.5. The Morgan fingerprint density at radius 3 is 2.56 bits per heavy atom. The lowest BCUT2D eigenvalue weighted by Gasteiger charge is -2.10. The first-order valence-electron chi connectivity index (χ1n) is 5.43. The second-order valence-electron chi connectivity index (χ2n) is 3.78. The minimum Gasteiger partial charge on any atom is -0.488 e. The van der Waals surface area contributed by atoms with Gasteiger partial charge in [0, 0.05) is 0 Å². The van der Waals surface area contributed by atoms with Crippen LogP contribution in [0.15, 0.2) is 48.5 Å². The monoisotopic (exact) mass is 261 g/mol. The molecule has 0 radical (unpaired) electrons. The Kier molecular flexibility index (Phi) is 3.89.